The van der Waals surface area contributed by atoms with Crippen LogP contribution in [0.2, 0.25) is 0 Å². The Kier molecular flexibility index (Phi) is 3.34. The van der Waals surface area contributed by atoms with Crippen LogP contribution in [0.5, 0.6) is 0 Å². The first kappa shape index (κ1) is 9.01. The van der Waals surface area contributed by atoms with Gasteiger partial charge in [-0.25, -0.2) is 0 Å². The average molecular weight is 156 g/mol. The normalized spacial score (nSPS) is 27.8. The molecule has 65 valence electrons. The summed E-state index contributed by atoms with van der Waals surface area (Å²) in [7, 11) is 0. The summed E-state index contributed by atoms with van der Waals surface area (Å²) in [5.41, 5.74) is 0. The van der Waals surface area contributed by atoms with Crippen molar-refractivity contribution in [2.24, 2.45) is 0 Å². The second kappa shape index (κ2) is 4.07. The fourth-order valence-electron chi connectivity index (χ4n) is 1.62. The fraction of sp³-hybridized carbons (Fsp3) is 0.889. The van der Waals surface area contributed by atoms with E-state index in [1.807, 2.05) is 0 Å². The molecule has 2 heteroatoms. The van der Waals surface area contributed by atoms with Crippen LogP contribution >= 0.6 is 0 Å². The van der Waals surface area contributed by atoms with Crippen molar-refractivity contribution in [3.63, 3.8) is 0 Å². The Morgan fingerprint density at radius 1 is 1.55 bits per heavy atom. The minimum absolute atomic E-state index is 0.0805. The maximum Gasteiger partial charge on any atom is 0.0667 e. The fourth-order valence-corrected chi connectivity index (χ4v) is 1.62. The molecule has 11 heavy (non-hydrogen) atoms. The van der Waals surface area contributed by atoms with E-state index in [9.17, 15) is 5.11 Å². The van der Waals surface area contributed by atoms with Gasteiger partial charge in [-0.3, -0.25) is 0 Å². The van der Waals surface area contributed by atoms with Gasteiger partial charge in [0.25, 0.3) is 0 Å². The first-order valence-electron chi connectivity index (χ1n) is 4.38. The highest BCUT2D eigenvalue weighted by Crippen LogP contribution is 2.11. The van der Waals surface area contributed by atoms with Gasteiger partial charge in [0.2, 0.25) is 0 Å². The molecule has 1 atom stereocenters. The Morgan fingerprint density at radius 2 is 2.27 bits per heavy atom. The van der Waals surface area contributed by atoms with Crippen molar-refractivity contribution in [2.45, 2.75) is 32.8 Å². The van der Waals surface area contributed by atoms with E-state index in [4.69, 9.17) is 0 Å². The third-order valence-electron chi connectivity index (χ3n) is 2.02. The zero-order chi connectivity index (χ0) is 8.27. The summed E-state index contributed by atoms with van der Waals surface area (Å²) in [5.74, 6) is 1.43. The molecule has 1 saturated heterocycles. The summed E-state index contributed by atoms with van der Waals surface area (Å²) in [4.78, 5) is 2.32. The second-order valence-electron chi connectivity index (χ2n) is 3.74. The molecule has 0 spiro atoms. The van der Waals surface area contributed by atoms with Gasteiger partial charge < -0.3 is 10.0 Å². The van der Waals surface area contributed by atoms with E-state index in [2.05, 4.69) is 18.7 Å². The van der Waals surface area contributed by atoms with Gasteiger partial charge in [0.15, 0.2) is 0 Å². The summed E-state index contributed by atoms with van der Waals surface area (Å²) in [6, 6.07) is 0. The third kappa shape index (κ3) is 3.21. The van der Waals surface area contributed by atoms with Crippen LogP contribution in [-0.4, -0.2) is 35.7 Å². The van der Waals surface area contributed by atoms with Gasteiger partial charge in [-0.1, -0.05) is 13.8 Å². The summed E-state index contributed by atoms with van der Waals surface area (Å²) in [6.07, 6.45) is 2.05. The van der Waals surface area contributed by atoms with E-state index in [1.165, 1.54) is 5.92 Å². The van der Waals surface area contributed by atoms with Crippen molar-refractivity contribution in [2.75, 3.05) is 19.6 Å². The van der Waals surface area contributed by atoms with E-state index in [0.29, 0.717) is 0 Å². The maximum atomic E-state index is 9.34. The van der Waals surface area contributed by atoms with E-state index in [0.717, 1.165) is 32.5 Å². The number of hydrogen-bond donors (Lipinski definition) is 1. The number of aliphatic hydroxyl groups excluding tert-OH is 1. The quantitative estimate of drug-likeness (QED) is 0.646. The lowest BCUT2D eigenvalue weighted by Crippen LogP contribution is -2.39. The summed E-state index contributed by atoms with van der Waals surface area (Å²) in [5, 5.41) is 9.34. The van der Waals surface area contributed by atoms with Gasteiger partial charge >= 0.3 is 0 Å². The van der Waals surface area contributed by atoms with E-state index < -0.39 is 0 Å². The number of likely N-dealkylation sites (tertiary alicyclic amines) is 1. The molecular weight excluding hydrogens is 138 g/mol. The highest BCUT2D eigenvalue weighted by molar-refractivity contribution is 4.84. The topological polar surface area (TPSA) is 23.5 Å². The number of piperidine rings is 1. The maximum absolute atomic E-state index is 9.34. The molecule has 2 nitrogen and oxygen atoms in total. The molecule has 1 N–H and O–H groups in total. The van der Waals surface area contributed by atoms with Crippen LogP contribution in [-0.2, 0) is 0 Å². The zero-order valence-electron chi connectivity index (χ0n) is 7.51. The Bertz CT molecular complexity index is 112. The first-order valence-corrected chi connectivity index (χ1v) is 4.38. The predicted molar refractivity (Wildman–Crippen MR) is 46.3 cm³/mol. The lowest BCUT2D eigenvalue weighted by atomic mass is 10.1. The number of hydrogen-bond acceptors (Lipinski definition) is 2. The molecule has 1 heterocycles. The molecule has 0 aromatic carbocycles. The van der Waals surface area contributed by atoms with Crippen LogP contribution in [0.1, 0.15) is 26.7 Å². The first-order chi connectivity index (χ1) is 5.18. The molecule has 1 aliphatic rings. The van der Waals surface area contributed by atoms with Crippen LogP contribution in [0.3, 0.4) is 0 Å². The van der Waals surface area contributed by atoms with E-state index in [-0.39, 0.29) is 6.10 Å². The molecule has 1 rings (SSSR count). The molecule has 0 aromatic rings. The van der Waals surface area contributed by atoms with Gasteiger partial charge in [-0.2, -0.15) is 0 Å². The Balaban J connectivity index is 2.23. The van der Waals surface area contributed by atoms with Crippen LogP contribution in [0.15, 0.2) is 0 Å². The SMILES string of the molecule is C[C](C)CN1CCC[C@@H](O)C1. The number of nitrogens with zero attached hydrogens (tertiary/aromatic N) is 1. The van der Waals surface area contributed by atoms with Gasteiger partial charge in [0, 0.05) is 13.1 Å². The molecular formula is C9H18NO. The molecule has 0 saturated carbocycles. The molecule has 1 aliphatic heterocycles. The number of aliphatic hydroxyl groups is 1. The second-order valence-corrected chi connectivity index (χ2v) is 3.74. The van der Waals surface area contributed by atoms with Crippen molar-refractivity contribution in [3.05, 3.63) is 5.92 Å². The van der Waals surface area contributed by atoms with Crippen molar-refractivity contribution in [1.82, 2.24) is 4.90 Å². The summed E-state index contributed by atoms with van der Waals surface area (Å²) >= 11 is 0. The average Bonchev–Trinajstić information content (AvgIpc) is 1.85. The monoisotopic (exact) mass is 156 g/mol. The Morgan fingerprint density at radius 3 is 2.82 bits per heavy atom. The van der Waals surface area contributed by atoms with Crippen LogP contribution < -0.4 is 0 Å². The van der Waals surface area contributed by atoms with Gasteiger partial charge in [-0.15, -0.1) is 0 Å². The summed E-state index contributed by atoms with van der Waals surface area (Å²) < 4.78 is 0. The highest BCUT2D eigenvalue weighted by Gasteiger charge is 2.17. The minimum atomic E-state index is -0.0805. The van der Waals surface area contributed by atoms with Crippen molar-refractivity contribution < 1.29 is 5.11 Å². The Labute approximate surface area is 69.2 Å². The standard InChI is InChI=1S/C9H18NO/c1-8(2)6-10-5-3-4-9(11)7-10/h9,11H,3-7H2,1-2H3/t9-/m1/s1. The third-order valence-corrected chi connectivity index (χ3v) is 2.02. The molecule has 1 radical (unpaired) electrons. The molecule has 0 bridgehead atoms. The smallest absolute Gasteiger partial charge is 0.0667 e. The predicted octanol–water partition coefficient (Wildman–Crippen LogP) is 1.06. The summed E-state index contributed by atoms with van der Waals surface area (Å²) in [6.45, 7) is 7.35. The van der Waals surface area contributed by atoms with Crippen LogP contribution in [0.25, 0.3) is 0 Å². The van der Waals surface area contributed by atoms with E-state index >= 15 is 0 Å². The number of rotatable bonds is 2. The molecule has 0 amide bonds. The van der Waals surface area contributed by atoms with Crippen molar-refractivity contribution in [3.8, 4) is 0 Å². The highest BCUT2D eigenvalue weighted by atomic mass is 16.3. The lowest BCUT2D eigenvalue weighted by Gasteiger charge is -2.30. The largest absolute Gasteiger partial charge is 0.392 e. The lowest BCUT2D eigenvalue weighted by molar-refractivity contribution is 0.0733. The van der Waals surface area contributed by atoms with Crippen LogP contribution in [0.4, 0.5) is 0 Å². The van der Waals surface area contributed by atoms with Gasteiger partial charge in [0.1, 0.15) is 0 Å². The van der Waals surface area contributed by atoms with Gasteiger partial charge in [0.05, 0.1) is 6.10 Å². The van der Waals surface area contributed by atoms with Crippen molar-refractivity contribution in [1.29, 1.82) is 0 Å². The van der Waals surface area contributed by atoms with Gasteiger partial charge in [-0.05, 0) is 25.3 Å². The molecule has 0 aliphatic carbocycles. The molecule has 1 fully saturated rings. The zero-order valence-corrected chi connectivity index (χ0v) is 7.51. The van der Waals surface area contributed by atoms with Crippen LogP contribution in [0, 0.1) is 5.92 Å². The molecule has 0 aromatic heterocycles. The van der Waals surface area contributed by atoms with Crippen molar-refractivity contribution >= 4 is 0 Å². The minimum Gasteiger partial charge on any atom is -0.392 e. The number of β-amino-alcohol motifs (C(OH)–C–C–N with tert-alkyl or cyclic N) is 1. The van der Waals surface area contributed by atoms with E-state index in [1.54, 1.807) is 0 Å². The molecule has 0 unspecified atom stereocenters. The Hall–Kier alpha value is -0.0800.